The van der Waals surface area contributed by atoms with Crippen LogP contribution < -0.4 is 27.8 Å². The zero-order valence-corrected chi connectivity index (χ0v) is 17.0. The summed E-state index contributed by atoms with van der Waals surface area (Å²) in [5.41, 5.74) is 1.69. The molecule has 2 rings (SSSR count). The summed E-state index contributed by atoms with van der Waals surface area (Å²) in [6.07, 6.45) is -0.556. The van der Waals surface area contributed by atoms with Crippen molar-refractivity contribution in [3.8, 4) is 11.8 Å². The number of aliphatic hydroxyl groups is 1. The zero-order chi connectivity index (χ0) is 19.9. The van der Waals surface area contributed by atoms with Gasteiger partial charge in [-0.1, -0.05) is 0 Å². The summed E-state index contributed by atoms with van der Waals surface area (Å²) < 4.78 is 5.59. The molecular formula is C21H26ClN3O3. The number of ether oxygens (including phenoxy) is 1. The molecule has 0 radical (unpaired) electrons. The summed E-state index contributed by atoms with van der Waals surface area (Å²) in [6.45, 7) is 7.05. The maximum Gasteiger partial charge on any atom is 0.255 e. The van der Waals surface area contributed by atoms with Crippen molar-refractivity contribution < 1.29 is 32.4 Å². The molecule has 6 nitrogen and oxygen atoms in total. The number of anilines is 1. The third-order valence-electron chi connectivity index (χ3n) is 3.83. The lowest BCUT2D eigenvalue weighted by molar-refractivity contribution is -0.722. The van der Waals surface area contributed by atoms with Crippen LogP contribution in [-0.2, 0) is 0 Å². The maximum absolute atomic E-state index is 12.2. The number of aliphatic hydroxyl groups excluding tert-OH is 1. The van der Waals surface area contributed by atoms with Crippen LogP contribution in [0.25, 0.3) is 0 Å². The minimum atomic E-state index is -0.556. The Hall–Kier alpha value is -2.59. The second kappa shape index (κ2) is 10.7. The summed E-state index contributed by atoms with van der Waals surface area (Å²) in [5.74, 6) is 0.377. The smallest absolute Gasteiger partial charge is 0.255 e. The first kappa shape index (κ1) is 23.4. The van der Waals surface area contributed by atoms with Gasteiger partial charge in [0.05, 0.1) is 17.2 Å². The van der Waals surface area contributed by atoms with Gasteiger partial charge in [-0.05, 0) is 69.3 Å². The molecule has 2 aromatic rings. The number of rotatable bonds is 7. The van der Waals surface area contributed by atoms with E-state index in [1.54, 1.807) is 48.5 Å². The fourth-order valence-corrected chi connectivity index (χ4v) is 2.28. The molecule has 0 aliphatic rings. The Morgan fingerprint density at radius 2 is 1.79 bits per heavy atom. The van der Waals surface area contributed by atoms with E-state index in [0.717, 1.165) is 0 Å². The van der Waals surface area contributed by atoms with Gasteiger partial charge in [0.25, 0.3) is 5.91 Å². The van der Waals surface area contributed by atoms with Crippen LogP contribution >= 0.6 is 0 Å². The Morgan fingerprint density at radius 1 is 1.18 bits per heavy atom. The third-order valence-corrected chi connectivity index (χ3v) is 3.83. The highest BCUT2D eigenvalue weighted by Gasteiger charge is 2.16. The fourth-order valence-electron chi connectivity index (χ4n) is 2.28. The topological polar surface area (TPSA) is 99.0 Å². The number of hydrogen-bond acceptors (Lipinski definition) is 4. The standard InChI is InChI=1S/C21H25N3O3.ClH/c1-21(2,3)23-13-18(25)14-27-19-10-8-17(9-11-19)24-20(26)16-6-4-15(12-22)5-7-16;/h4-11,18,23,25H,13-14H2,1-3H3,(H,24,26);1H. The van der Waals surface area contributed by atoms with Gasteiger partial charge in [0, 0.05) is 11.3 Å². The van der Waals surface area contributed by atoms with E-state index >= 15 is 0 Å². The molecule has 1 unspecified atom stereocenters. The molecule has 0 fully saturated rings. The number of nitrogens with two attached hydrogens (primary N) is 1. The van der Waals surface area contributed by atoms with Crippen LogP contribution in [0.15, 0.2) is 48.5 Å². The van der Waals surface area contributed by atoms with Crippen molar-refractivity contribution in [2.75, 3.05) is 18.5 Å². The molecule has 4 N–H and O–H groups in total. The van der Waals surface area contributed by atoms with Crippen LogP contribution in [0.3, 0.4) is 0 Å². The SMILES string of the molecule is CC(C)(C)[NH2+]CC(O)COc1ccc(NC(=O)c2ccc(C#N)cc2)cc1.[Cl-]. The molecule has 1 amide bonds. The van der Waals surface area contributed by atoms with Crippen LogP contribution in [0.4, 0.5) is 5.69 Å². The summed E-state index contributed by atoms with van der Waals surface area (Å²) in [7, 11) is 0. The minimum absolute atomic E-state index is 0. The highest BCUT2D eigenvalue weighted by Crippen LogP contribution is 2.17. The quantitative estimate of drug-likeness (QED) is 0.547. The van der Waals surface area contributed by atoms with Gasteiger partial charge in [-0.2, -0.15) is 5.26 Å². The number of nitrogens with one attached hydrogen (secondary N) is 1. The van der Waals surface area contributed by atoms with Crippen molar-refractivity contribution in [1.82, 2.24) is 0 Å². The first-order chi connectivity index (χ1) is 12.8. The molecule has 0 heterocycles. The average Bonchev–Trinajstić information content (AvgIpc) is 2.65. The Balaban J connectivity index is 0.00000392. The van der Waals surface area contributed by atoms with Crippen LogP contribution in [0.2, 0.25) is 0 Å². The van der Waals surface area contributed by atoms with Gasteiger partial charge >= 0.3 is 0 Å². The molecule has 0 spiro atoms. The molecule has 28 heavy (non-hydrogen) atoms. The number of carbonyl (C=O) groups is 1. The number of carbonyl (C=O) groups excluding carboxylic acids is 1. The Bertz CT molecular complexity index is 794. The first-order valence-electron chi connectivity index (χ1n) is 8.83. The van der Waals surface area contributed by atoms with E-state index in [4.69, 9.17) is 10.00 Å². The van der Waals surface area contributed by atoms with Gasteiger partial charge in [-0.25, -0.2) is 0 Å². The third kappa shape index (κ3) is 7.97. The molecule has 2 aromatic carbocycles. The summed E-state index contributed by atoms with van der Waals surface area (Å²) in [5, 5.41) is 23.6. The number of benzene rings is 2. The van der Waals surface area contributed by atoms with E-state index in [1.807, 2.05) is 6.07 Å². The summed E-state index contributed by atoms with van der Waals surface area (Å²) in [4.78, 5) is 12.2. The van der Waals surface area contributed by atoms with Gasteiger partial charge in [0.2, 0.25) is 0 Å². The molecule has 0 saturated heterocycles. The Kier molecular flexibility index (Phi) is 8.93. The van der Waals surface area contributed by atoms with E-state index < -0.39 is 6.10 Å². The molecule has 0 saturated carbocycles. The van der Waals surface area contributed by atoms with E-state index in [0.29, 0.717) is 29.1 Å². The maximum atomic E-state index is 12.2. The number of nitriles is 1. The van der Waals surface area contributed by atoms with Crippen LogP contribution in [0, 0.1) is 11.3 Å². The lowest BCUT2D eigenvalue weighted by atomic mass is 10.1. The molecule has 0 aliphatic heterocycles. The second-order valence-corrected chi connectivity index (χ2v) is 7.44. The van der Waals surface area contributed by atoms with Crippen LogP contribution in [0.1, 0.15) is 36.7 Å². The second-order valence-electron chi connectivity index (χ2n) is 7.44. The number of halogens is 1. The summed E-state index contributed by atoms with van der Waals surface area (Å²) in [6, 6.07) is 15.4. The van der Waals surface area contributed by atoms with Crippen molar-refractivity contribution >= 4 is 11.6 Å². The summed E-state index contributed by atoms with van der Waals surface area (Å²) >= 11 is 0. The van der Waals surface area contributed by atoms with Crippen molar-refractivity contribution in [1.29, 1.82) is 5.26 Å². The van der Waals surface area contributed by atoms with Crippen LogP contribution in [0.5, 0.6) is 5.75 Å². The number of hydrogen-bond donors (Lipinski definition) is 3. The number of nitrogens with zero attached hydrogens (tertiary/aromatic N) is 1. The first-order valence-corrected chi connectivity index (χ1v) is 8.83. The predicted molar refractivity (Wildman–Crippen MR) is 104 cm³/mol. The highest BCUT2D eigenvalue weighted by molar-refractivity contribution is 6.04. The minimum Gasteiger partial charge on any atom is -1.00 e. The molecule has 0 aliphatic carbocycles. The van der Waals surface area contributed by atoms with E-state index in [-0.39, 0.29) is 30.5 Å². The van der Waals surface area contributed by atoms with Gasteiger partial charge in [0.15, 0.2) is 0 Å². The Morgan fingerprint density at radius 3 is 2.32 bits per heavy atom. The predicted octanol–water partition coefficient (Wildman–Crippen LogP) is -1.08. The monoisotopic (exact) mass is 403 g/mol. The lowest BCUT2D eigenvalue weighted by Gasteiger charge is -2.19. The van der Waals surface area contributed by atoms with E-state index in [9.17, 15) is 9.90 Å². The van der Waals surface area contributed by atoms with E-state index in [2.05, 4.69) is 31.4 Å². The van der Waals surface area contributed by atoms with Crippen molar-refractivity contribution in [3.05, 3.63) is 59.7 Å². The van der Waals surface area contributed by atoms with Gasteiger partial charge < -0.3 is 32.9 Å². The lowest BCUT2D eigenvalue weighted by Crippen LogP contribution is -3.00. The average molecular weight is 404 g/mol. The van der Waals surface area contributed by atoms with E-state index in [1.165, 1.54) is 0 Å². The number of quaternary nitrogens is 1. The molecule has 1 atom stereocenters. The number of amides is 1. The van der Waals surface area contributed by atoms with Gasteiger partial charge in [-0.3, -0.25) is 4.79 Å². The molecule has 7 heteroatoms. The molecule has 0 bridgehead atoms. The zero-order valence-electron chi connectivity index (χ0n) is 16.3. The Labute approximate surface area is 171 Å². The van der Waals surface area contributed by atoms with Gasteiger partial charge in [-0.15, -0.1) is 0 Å². The normalized spacial score (nSPS) is 11.7. The van der Waals surface area contributed by atoms with Crippen molar-refractivity contribution in [2.24, 2.45) is 0 Å². The molecule has 0 aromatic heterocycles. The fraction of sp³-hybridized carbons (Fsp3) is 0.333. The largest absolute Gasteiger partial charge is 1.00 e. The van der Waals surface area contributed by atoms with Gasteiger partial charge in [0.1, 0.15) is 25.0 Å². The molecule has 150 valence electrons. The van der Waals surface area contributed by atoms with Crippen molar-refractivity contribution in [3.63, 3.8) is 0 Å². The van der Waals surface area contributed by atoms with Crippen LogP contribution in [-0.4, -0.2) is 35.8 Å². The van der Waals surface area contributed by atoms with Crippen molar-refractivity contribution in [2.45, 2.75) is 32.4 Å². The highest BCUT2D eigenvalue weighted by atomic mass is 35.5. The molecular weight excluding hydrogens is 378 g/mol.